The van der Waals surface area contributed by atoms with Crippen molar-refractivity contribution in [3.05, 3.63) is 64.3 Å². The average molecular weight is 725 g/mol. The Morgan fingerprint density at radius 3 is 2.78 bits per heavy atom. The molecule has 7 atom stereocenters. The maximum Gasteiger partial charge on any atom is 0.337 e. The highest BCUT2D eigenvalue weighted by Crippen LogP contribution is 2.81. The summed E-state index contributed by atoms with van der Waals surface area (Å²) >= 11 is 6.46. The molecule has 268 valence electrons. The van der Waals surface area contributed by atoms with Crippen LogP contribution in [0.3, 0.4) is 0 Å². The van der Waals surface area contributed by atoms with Crippen molar-refractivity contribution in [1.82, 2.24) is 20.1 Å². The number of urea groups is 1. The molecule has 3 saturated carbocycles. The molecule has 2 aromatic rings. The average Bonchev–Trinajstić information content (AvgIpc) is 3.96. The van der Waals surface area contributed by atoms with Gasteiger partial charge in [0.2, 0.25) is 0 Å². The predicted octanol–water partition coefficient (Wildman–Crippen LogP) is 4.90. The van der Waals surface area contributed by atoms with Crippen LogP contribution in [0.1, 0.15) is 67.1 Å². The van der Waals surface area contributed by atoms with E-state index in [1.54, 1.807) is 26.4 Å². The van der Waals surface area contributed by atoms with Crippen LogP contribution in [0.2, 0.25) is 5.02 Å². The van der Waals surface area contributed by atoms with Gasteiger partial charge >= 0.3 is 11.9 Å². The molecule has 0 radical (unpaired) electrons. The van der Waals surface area contributed by atoms with Crippen LogP contribution in [0.5, 0.6) is 5.75 Å². The quantitative estimate of drug-likeness (QED) is 0.260. The number of hydrogen-bond donors (Lipinski definition) is 2. The molecule has 0 saturated heterocycles. The lowest BCUT2D eigenvalue weighted by molar-refractivity contribution is 0.0201. The number of hydrogen-bond acceptors (Lipinski definition) is 8. The second-order valence-electron chi connectivity index (χ2n) is 15.4. The van der Waals surface area contributed by atoms with Crippen LogP contribution in [0, 0.1) is 23.2 Å². The van der Waals surface area contributed by atoms with E-state index >= 15 is 0 Å². The van der Waals surface area contributed by atoms with Gasteiger partial charge in [-0.05, 0) is 97.6 Å². The molecule has 1 aromatic carbocycles. The first kappa shape index (κ1) is 33.9. The number of fused-ring (bicyclic) bond motifs is 4. The van der Waals surface area contributed by atoms with E-state index in [2.05, 4.69) is 39.9 Å². The van der Waals surface area contributed by atoms with Crippen LogP contribution in [-0.4, -0.2) is 79.3 Å². The van der Waals surface area contributed by atoms with Crippen molar-refractivity contribution in [3.8, 4) is 5.75 Å². The van der Waals surface area contributed by atoms with E-state index in [1.807, 2.05) is 13.0 Å². The van der Waals surface area contributed by atoms with Crippen molar-refractivity contribution in [2.75, 3.05) is 44.6 Å². The van der Waals surface area contributed by atoms with Crippen LogP contribution in [0.4, 0.5) is 10.6 Å². The first-order valence-corrected chi connectivity index (χ1v) is 19.7. The smallest absolute Gasteiger partial charge is 0.337 e. The van der Waals surface area contributed by atoms with Gasteiger partial charge in [0, 0.05) is 49.7 Å². The lowest BCUT2D eigenvalue weighted by Crippen LogP contribution is -2.56. The Morgan fingerprint density at radius 2 is 2.00 bits per heavy atom. The van der Waals surface area contributed by atoms with Gasteiger partial charge in [-0.3, -0.25) is 4.79 Å². The van der Waals surface area contributed by atoms with Gasteiger partial charge in [-0.1, -0.05) is 45.4 Å². The molecule has 13 heteroatoms. The molecule has 50 heavy (non-hydrogen) atoms. The number of pyridine rings is 1. The Kier molecular flexibility index (Phi) is 8.89. The first-order valence-electron chi connectivity index (χ1n) is 17.9. The molecule has 2 bridgehead atoms. The number of anilines is 1. The second kappa shape index (κ2) is 13.1. The summed E-state index contributed by atoms with van der Waals surface area (Å²) in [5.41, 5.74) is 5.06. The summed E-state index contributed by atoms with van der Waals surface area (Å²) in [6.07, 6.45) is 10.5. The van der Waals surface area contributed by atoms with Gasteiger partial charge in [-0.2, -0.15) is 0 Å². The van der Waals surface area contributed by atoms with E-state index in [-0.39, 0.29) is 46.4 Å². The number of benzene rings is 1. The lowest BCUT2D eigenvalue weighted by atomic mass is 9.70. The largest absolute Gasteiger partial charge is 0.489 e. The number of halogens is 1. The van der Waals surface area contributed by atoms with Gasteiger partial charge in [0.15, 0.2) is 22.6 Å². The minimum atomic E-state index is -2.33. The fourth-order valence-corrected chi connectivity index (χ4v) is 10.6. The van der Waals surface area contributed by atoms with Crippen LogP contribution < -0.4 is 20.4 Å². The third-order valence-electron chi connectivity index (χ3n) is 12.1. The Labute approximate surface area is 301 Å². The topological polar surface area (TPSA) is 122 Å². The van der Waals surface area contributed by atoms with E-state index in [1.165, 1.54) is 11.1 Å². The molecule has 11 nitrogen and oxygen atoms in total. The predicted molar refractivity (Wildman–Crippen MR) is 192 cm³/mol. The van der Waals surface area contributed by atoms with Gasteiger partial charge in [-0.25, -0.2) is 15.2 Å². The van der Waals surface area contributed by atoms with Crippen LogP contribution >= 0.6 is 11.6 Å². The maximum atomic E-state index is 14.3. The van der Waals surface area contributed by atoms with E-state index in [0.29, 0.717) is 55.8 Å². The Morgan fingerprint density at radius 1 is 1.16 bits per heavy atom. The lowest BCUT2D eigenvalue weighted by Gasteiger charge is -2.41. The minimum Gasteiger partial charge on any atom is -0.489 e. The van der Waals surface area contributed by atoms with Crippen molar-refractivity contribution in [3.63, 3.8) is 0 Å². The molecule has 2 aliphatic heterocycles. The van der Waals surface area contributed by atoms with Gasteiger partial charge in [0.25, 0.3) is 0 Å². The Balaban J connectivity index is 1.15. The highest BCUT2D eigenvalue weighted by Gasteiger charge is 2.80. The number of carbonyl (C=O) groups excluding carboxylic acids is 2. The Bertz CT molecular complexity index is 1740. The monoisotopic (exact) mass is 724 g/mol. The summed E-state index contributed by atoms with van der Waals surface area (Å²) in [6, 6.07) is 8.97. The molecule has 4 aliphatic carbocycles. The summed E-state index contributed by atoms with van der Waals surface area (Å²) in [5, 5.41) is 3.62. The molecule has 3 unspecified atom stereocenters. The number of aryl methyl sites for hydroxylation is 1. The van der Waals surface area contributed by atoms with Gasteiger partial charge in [-0.15, -0.1) is 0 Å². The normalized spacial score (nSPS) is 36.5. The molecule has 8 rings (SSSR count). The van der Waals surface area contributed by atoms with Gasteiger partial charge in [0.05, 0.1) is 18.8 Å². The molecular weight excluding hydrogens is 678 g/mol. The third-order valence-corrected chi connectivity index (χ3v) is 14.0. The standard InChI is InChI=1S/C37H46ClN5O6S/c1-22-6-4-8-30(48-3)32-28-17-37(28,32)20-42-19-36(13-5-7-23-14-24(38)9-10-27(23)36)21-49-31-12-11-29(40-33(31)42)34(44)43(50(46)18-22)41-35(45)39-25-15-26(16-25)47-2/h4,8-12,14,22,25-26,28,30,32H,5-7,13,15-21H2,1-3H3,(H2,39,41,45)/p+1/b8-4+/t22-,25?,26?,28?,30-,32-,36-,37?,50?/m0/s1. The van der Waals surface area contributed by atoms with Crippen molar-refractivity contribution < 1.29 is 28.0 Å². The van der Waals surface area contributed by atoms with Crippen molar-refractivity contribution in [2.24, 2.45) is 23.2 Å². The summed E-state index contributed by atoms with van der Waals surface area (Å²) in [6.45, 7) is 3.92. The number of nitrogens with one attached hydrogen (secondary N) is 2. The number of methoxy groups -OCH3 is 2. The van der Waals surface area contributed by atoms with E-state index in [9.17, 15) is 13.8 Å². The number of nitrogens with zero attached hydrogens (tertiary/aromatic N) is 3. The number of carbonyl (C=O) groups is 2. The van der Waals surface area contributed by atoms with Crippen LogP contribution in [-0.2, 0) is 36.5 Å². The fraction of sp³-hybridized carbons (Fsp3) is 0.595. The summed E-state index contributed by atoms with van der Waals surface area (Å²) in [5.74, 6) is 1.77. The molecule has 1 aromatic heterocycles. The van der Waals surface area contributed by atoms with Gasteiger partial charge < -0.3 is 24.4 Å². The van der Waals surface area contributed by atoms with Crippen LogP contribution in [0.15, 0.2) is 42.5 Å². The van der Waals surface area contributed by atoms with Crippen molar-refractivity contribution in [2.45, 2.75) is 75.5 Å². The van der Waals surface area contributed by atoms with Crippen LogP contribution in [0.25, 0.3) is 0 Å². The number of thiol groups is 1. The highest BCUT2D eigenvalue weighted by atomic mass is 35.5. The highest BCUT2D eigenvalue weighted by molar-refractivity contribution is 7.83. The summed E-state index contributed by atoms with van der Waals surface area (Å²) in [7, 11) is 1.10. The molecular formula is C37H47ClN5O6S+. The van der Waals surface area contributed by atoms with Gasteiger partial charge in [0.1, 0.15) is 11.4 Å². The maximum absolute atomic E-state index is 14.3. The van der Waals surface area contributed by atoms with Crippen molar-refractivity contribution in [1.29, 1.82) is 0 Å². The van der Waals surface area contributed by atoms with Crippen molar-refractivity contribution >= 4 is 40.3 Å². The molecule has 2 spiro atoms. The SMILES string of the molecule is COC1CC(NC(=O)NN2C(=O)c3ccc4c(n3)N(CC35CC3[C@H]5[C@@H](OC)/C=C/C[C@H](C)C[SH+]2=O)C[C@@]2(CCCc3cc(Cl)ccc32)CO4)C1. The van der Waals surface area contributed by atoms with E-state index in [0.717, 1.165) is 41.7 Å². The molecule has 3 fully saturated rings. The number of rotatable bonds is 4. The summed E-state index contributed by atoms with van der Waals surface area (Å²) < 4.78 is 32.9. The molecule has 6 aliphatic rings. The second-order valence-corrected chi connectivity index (χ2v) is 17.3. The van der Waals surface area contributed by atoms with E-state index < -0.39 is 22.9 Å². The minimum absolute atomic E-state index is 0.00874. The van der Waals surface area contributed by atoms with E-state index in [4.69, 9.17) is 30.8 Å². The third kappa shape index (κ3) is 6.09. The zero-order valence-electron chi connectivity index (χ0n) is 28.9. The number of hydrazine groups is 1. The fourth-order valence-electron chi connectivity index (χ4n) is 9.06. The number of amides is 3. The zero-order valence-corrected chi connectivity index (χ0v) is 30.6. The number of allylic oxidation sites excluding steroid dienone is 1. The number of ether oxygens (including phenoxy) is 3. The molecule has 3 amide bonds. The first-order chi connectivity index (χ1) is 24.1. The molecule has 2 N–H and O–H groups in total. The number of aromatic nitrogens is 1. The molecule has 3 heterocycles. The summed E-state index contributed by atoms with van der Waals surface area (Å²) in [4.78, 5) is 34.7. The zero-order chi connectivity index (χ0) is 34.8. The Hall–Kier alpha value is -3.19.